The van der Waals surface area contributed by atoms with Crippen molar-refractivity contribution < 1.29 is 13.7 Å². The molecule has 1 fully saturated rings. The molecule has 7 aromatic rings. The fraction of sp³-hybridized carbons (Fsp3) is 0.194. The highest BCUT2D eigenvalue weighted by atomic mass is 32.1. The number of hydrogen-bond acceptors (Lipinski definition) is 6. The minimum Gasteiger partial charge on any atom is -0.436 e. The van der Waals surface area contributed by atoms with E-state index >= 15 is 0 Å². The molecule has 4 aromatic carbocycles. The lowest BCUT2D eigenvalue weighted by Crippen LogP contribution is -2.41. The maximum Gasteiger partial charge on any atom is 0.495 e. The van der Waals surface area contributed by atoms with Gasteiger partial charge in [0.15, 0.2) is 5.58 Å². The summed E-state index contributed by atoms with van der Waals surface area (Å²) in [6.45, 7) is 8.37. The second kappa shape index (κ2) is 7.67. The average Bonchev–Trinajstić information content (AvgIpc) is 3.62. The maximum absolute atomic E-state index is 6.45. The fourth-order valence-corrected chi connectivity index (χ4v) is 7.83. The van der Waals surface area contributed by atoms with E-state index in [-0.39, 0.29) is 0 Å². The minimum absolute atomic E-state index is 0.396. The van der Waals surface area contributed by atoms with Gasteiger partial charge in [-0.3, -0.25) is 0 Å². The van der Waals surface area contributed by atoms with Crippen LogP contribution in [0.4, 0.5) is 0 Å². The Kier molecular flexibility index (Phi) is 4.59. The Hall–Kier alpha value is -3.23. The molecule has 0 atom stereocenters. The number of nitrogens with zero attached hydrogens (tertiary/aromatic N) is 1. The molecule has 4 nitrogen and oxygen atoms in total. The molecule has 8 rings (SSSR count). The lowest BCUT2D eigenvalue weighted by atomic mass is 9.76. The summed E-state index contributed by atoms with van der Waals surface area (Å²) < 4.78 is 24.2. The summed E-state index contributed by atoms with van der Waals surface area (Å²) in [6.07, 6.45) is 0. The first-order valence-electron chi connectivity index (χ1n) is 12.8. The van der Waals surface area contributed by atoms with Crippen LogP contribution in [0.3, 0.4) is 0 Å². The van der Waals surface area contributed by atoms with Crippen LogP contribution in [0, 0.1) is 0 Å². The lowest BCUT2D eigenvalue weighted by molar-refractivity contribution is 0.00578. The van der Waals surface area contributed by atoms with Crippen molar-refractivity contribution in [2.75, 3.05) is 0 Å². The van der Waals surface area contributed by atoms with Crippen molar-refractivity contribution in [3.05, 3.63) is 72.8 Å². The monoisotopic (exact) mass is 533 g/mol. The highest BCUT2D eigenvalue weighted by molar-refractivity contribution is 7.26. The molecule has 3 aromatic heterocycles. The summed E-state index contributed by atoms with van der Waals surface area (Å²) in [7, 11) is -0.423. The molecule has 1 saturated heterocycles. The SMILES string of the molecule is CC1(C)OB(c2cccc3sc4cc5nc(-c6cccc7c6sc6ccccc67)oc5cc4c23)OC1(C)C. The summed E-state index contributed by atoms with van der Waals surface area (Å²) in [6, 6.07) is 25.6. The van der Waals surface area contributed by atoms with Crippen molar-refractivity contribution in [3.63, 3.8) is 0 Å². The van der Waals surface area contributed by atoms with Crippen LogP contribution in [0.5, 0.6) is 0 Å². The van der Waals surface area contributed by atoms with Crippen LogP contribution in [0.1, 0.15) is 27.7 Å². The van der Waals surface area contributed by atoms with Crippen LogP contribution in [-0.2, 0) is 9.31 Å². The van der Waals surface area contributed by atoms with Crippen molar-refractivity contribution in [2.45, 2.75) is 38.9 Å². The Bertz CT molecular complexity index is 2050. The largest absolute Gasteiger partial charge is 0.495 e. The zero-order valence-electron chi connectivity index (χ0n) is 21.5. The molecule has 0 bridgehead atoms. The van der Waals surface area contributed by atoms with Crippen LogP contribution in [0.25, 0.3) is 62.9 Å². The molecular weight excluding hydrogens is 509 g/mol. The average molecular weight is 533 g/mol. The number of fused-ring (bicyclic) bond motifs is 7. The molecule has 0 aliphatic carbocycles. The molecule has 4 heterocycles. The number of thiophene rings is 2. The van der Waals surface area contributed by atoms with E-state index in [4.69, 9.17) is 18.7 Å². The summed E-state index contributed by atoms with van der Waals surface area (Å²) in [5.74, 6) is 0.658. The number of aromatic nitrogens is 1. The number of rotatable bonds is 2. The first-order valence-corrected chi connectivity index (χ1v) is 14.4. The van der Waals surface area contributed by atoms with Gasteiger partial charge in [-0.1, -0.05) is 42.5 Å². The molecule has 0 N–H and O–H groups in total. The van der Waals surface area contributed by atoms with Crippen molar-refractivity contribution in [2.24, 2.45) is 0 Å². The Morgan fingerprint density at radius 3 is 2.29 bits per heavy atom. The van der Waals surface area contributed by atoms with Gasteiger partial charge in [0.05, 0.1) is 16.8 Å². The fourth-order valence-electron chi connectivity index (χ4n) is 5.47. The first kappa shape index (κ1) is 22.7. The summed E-state index contributed by atoms with van der Waals surface area (Å²) in [5.41, 5.74) is 2.95. The van der Waals surface area contributed by atoms with Gasteiger partial charge in [-0.25, -0.2) is 4.98 Å². The van der Waals surface area contributed by atoms with Crippen LogP contribution in [0.2, 0.25) is 0 Å². The number of benzene rings is 4. The quantitative estimate of drug-likeness (QED) is 0.209. The van der Waals surface area contributed by atoms with Crippen LogP contribution < -0.4 is 5.46 Å². The Balaban J connectivity index is 1.31. The van der Waals surface area contributed by atoms with Crippen LogP contribution in [-0.4, -0.2) is 23.3 Å². The molecule has 0 unspecified atom stereocenters. The minimum atomic E-state index is -0.423. The normalized spacial score (nSPS) is 17.1. The second-order valence-corrected chi connectivity index (χ2v) is 13.2. The van der Waals surface area contributed by atoms with Gasteiger partial charge < -0.3 is 13.7 Å². The van der Waals surface area contributed by atoms with E-state index in [1.54, 1.807) is 22.7 Å². The van der Waals surface area contributed by atoms with Crippen LogP contribution in [0.15, 0.2) is 77.2 Å². The van der Waals surface area contributed by atoms with E-state index in [2.05, 4.69) is 100 Å². The third kappa shape index (κ3) is 3.13. The molecule has 0 radical (unpaired) electrons. The molecule has 186 valence electrons. The third-order valence-corrected chi connectivity index (χ3v) is 10.5. The van der Waals surface area contributed by atoms with Gasteiger partial charge >= 0.3 is 7.12 Å². The molecule has 0 saturated carbocycles. The molecule has 0 amide bonds. The summed E-state index contributed by atoms with van der Waals surface area (Å²) >= 11 is 3.56. The standard InChI is InChI=1S/C31H24BNO3S2/c1-30(2)31(3,4)36-32(35-30)21-12-8-14-25-27(21)20-15-23-22(16-26(20)37-25)33-29(34-23)19-11-7-10-18-17-9-5-6-13-24(17)38-28(18)19/h5-16H,1-4H3. The Morgan fingerprint density at radius 1 is 0.711 bits per heavy atom. The molecule has 1 aliphatic heterocycles. The van der Waals surface area contributed by atoms with Crippen molar-refractivity contribution in [3.8, 4) is 11.5 Å². The molecular formula is C31H24BNO3S2. The van der Waals surface area contributed by atoms with Gasteiger partial charge in [0.25, 0.3) is 0 Å². The summed E-state index contributed by atoms with van der Waals surface area (Å²) in [4.78, 5) is 4.96. The smallest absolute Gasteiger partial charge is 0.436 e. The highest BCUT2D eigenvalue weighted by Crippen LogP contribution is 2.43. The highest BCUT2D eigenvalue weighted by Gasteiger charge is 2.52. The number of oxazole rings is 1. The summed E-state index contributed by atoms with van der Waals surface area (Å²) in [5, 5.41) is 4.82. The van der Waals surface area contributed by atoms with E-state index in [9.17, 15) is 0 Å². The van der Waals surface area contributed by atoms with E-state index < -0.39 is 18.3 Å². The zero-order chi connectivity index (χ0) is 25.8. The first-order chi connectivity index (χ1) is 18.3. The molecule has 0 spiro atoms. The molecule has 1 aliphatic rings. The van der Waals surface area contributed by atoms with Gasteiger partial charge in [0, 0.05) is 40.3 Å². The van der Waals surface area contributed by atoms with Crippen molar-refractivity contribution >= 4 is 86.7 Å². The van der Waals surface area contributed by atoms with Gasteiger partial charge in [0.1, 0.15) is 5.52 Å². The van der Waals surface area contributed by atoms with E-state index in [1.807, 2.05) is 0 Å². The van der Waals surface area contributed by atoms with E-state index in [0.717, 1.165) is 32.9 Å². The molecule has 7 heteroatoms. The number of hydrogen-bond donors (Lipinski definition) is 0. The van der Waals surface area contributed by atoms with E-state index in [0.29, 0.717) is 5.89 Å². The topological polar surface area (TPSA) is 44.5 Å². The van der Waals surface area contributed by atoms with Gasteiger partial charge in [-0.15, -0.1) is 22.7 Å². The maximum atomic E-state index is 6.45. The van der Waals surface area contributed by atoms with Crippen molar-refractivity contribution in [1.29, 1.82) is 0 Å². The van der Waals surface area contributed by atoms with Gasteiger partial charge in [-0.2, -0.15) is 0 Å². The lowest BCUT2D eigenvalue weighted by Gasteiger charge is -2.32. The third-order valence-electron chi connectivity index (χ3n) is 8.18. The van der Waals surface area contributed by atoms with Gasteiger partial charge in [0.2, 0.25) is 5.89 Å². The van der Waals surface area contributed by atoms with Crippen molar-refractivity contribution in [1.82, 2.24) is 4.98 Å². The predicted octanol–water partition coefficient (Wildman–Crippen LogP) is 8.53. The second-order valence-electron chi connectivity index (χ2n) is 11.0. The Labute approximate surface area is 227 Å². The van der Waals surface area contributed by atoms with Crippen LogP contribution >= 0.6 is 22.7 Å². The van der Waals surface area contributed by atoms with E-state index in [1.165, 1.54) is 29.6 Å². The zero-order valence-corrected chi connectivity index (χ0v) is 23.1. The molecule has 38 heavy (non-hydrogen) atoms. The Morgan fingerprint density at radius 2 is 1.45 bits per heavy atom. The van der Waals surface area contributed by atoms with Gasteiger partial charge in [-0.05, 0) is 63.5 Å². The predicted molar refractivity (Wildman–Crippen MR) is 161 cm³/mol.